The largest absolute Gasteiger partial charge is 0.452 e. The van der Waals surface area contributed by atoms with Crippen molar-refractivity contribution in [2.75, 3.05) is 5.32 Å². The summed E-state index contributed by atoms with van der Waals surface area (Å²) in [6, 6.07) is 10.3. The number of hydrogen-bond acceptors (Lipinski definition) is 3. The van der Waals surface area contributed by atoms with Crippen LogP contribution < -0.4 is 5.32 Å². The third-order valence-corrected chi connectivity index (χ3v) is 3.16. The van der Waals surface area contributed by atoms with Crippen LogP contribution in [0.25, 0.3) is 0 Å². The van der Waals surface area contributed by atoms with Crippen molar-refractivity contribution in [2.24, 2.45) is 0 Å². The molecule has 0 spiro atoms. The SMILES string of the molecule is C[C@H](OC(=O)Cc1ccccc1)C(=O)Nc1ccc(F)c(F)c1F. The van der Waals surface area contributed by atoms with Gasteiger partial charge in [0, 0.05) is 0 Å². The fourth-order valence-electron chi connectivity index (χ4n) is 1.91. The lowest BCUT2D eigenvalue weighted by Crippen LogP contribution is -2.30. The molecular weight excluding hydrogens is 323 g/mol. The number of benzene rings is 2. The quantitative estimate of drug-likeness (QED) is 0.673. The predicted molar refractivity (Wildman–Crippen MR) is 80.6 cm³/mol. The molecule has 0 aliphatic rings. The first-order chi connectivity index (χ1) is 11.4. The molecule has 4 nitrogen and oxygen atoms in total. The summed E-state index contributed by atoms with van der Waals surface area (Å²) in [7, 11) is 0. The Morgan fingerprint density at radius 2 is 1.71 bits per heavy atom. The fraction of sp³-hybridized carbons (Fsp3) is 0.176. The summed E-state index contributed by atoms with van der Waals surface area (Å²) >= 11 is 0. The van der Waals surface area contributed by atoms with Gasteiger partial charge in [-0.05, 0) is 24.6 Å². The van der Waals surface area contributed by atoms with E-state index in [1.165, 1.54) is 6.92 Å². The van der Waals surface area contributed by atoms with Gasteiger partial charge in [0.05, 0.1) is 12.1 Å². The molecule has 1 amide bonds. The van der Waals surface area contributed by atoms with Crippen LogP contribution in [-0.2, 0) is 20.7 Å². The Kier molecular flexibility index (Phi) is 5.57. The van der Waals surface area contributed by atoms with E-state index in [-0.39, 0.29) is 6.42 Å². The van der Waals surface area contributed by atoms with Crippen molar-refractivity contribution in [3.63, 3.8) is 0 Å². The smallest absolute Gasteiger partial charge is 0.311 e. The van der Waals surface area contributed by atoms with Gasteiger partial charge in [-0.1, -0.05) is 30.3 Å². The second kappa shape index (κ2) is 7.63. The van der Waals surface area contributed by atoms with Crippen LogP contribution in [0.5, 0.6) is 0 Å². The molecule has 7 heteroatoms. The van der Waals surface area contributed by atoms with Crippen LogP contribution in [0.2, 0.25) is 0 Å². The highest BCUT2D eigenvalue weighted by Gasteiger charge is 2.21. The molecule has 0 unspecified atom stereocenters. The standard InChI is InChI=1S/C17H14F3NO3/c1-10(24-14(22)9-11-5-3-2-4-6-11)17(23)21-13-8-7-12(18)15(19)16(13)20/h2-8,10H,9H2,1H3,(H,21,23)/t10-/m0/s1. The highest BCUT2D eigenvalue weighted by molar-refractivity contribution is 5.95. The molecule has 0 saturated carbocycles. The Bertz CT molecular complexity index is 750. The van der Waals surface area contributed by atoms with E-state index in [2.05, 4.69) is 0 Å². The highest BCUT2D eigenvalue weighted by atomic mass is 19.2. The van der Waals surface area contributed by atoms with Crippen molar-refractivity contribution in [1.82, 2.24) is 0 Å². The third kappa shape index (κ3) is 4.34. The van der Waals surface area contributed by atoms with E-state index in [9.17, 15) is 22.8 Å². The van der Waals surface area contributed by atoms with Crippen LogP contribution in [0.15, 0.2) is 42.5 Å². The number of hydrogen-bond donors (Lipinski definition) is 1. The molecule has 2 rings (SSSR count). The zero-order chi connectivity index (χ0) is 17.7. The van der Waals surface area contributed by atoms with Crippen LogP contribution in [0.1, 0.15) is 12.5 Å². The summed E-state index contributed by atoms with van der Waals surface area (Å²) < 4.78 is 44.4. The maximum Gasteiger partial charge on any atom is 0.311 e. The Balaban J connectivity index is 1.95. The first-order valence-electron chi connectivity index (χ1n) is 7.06. The van der Waals surface area contributed by atoms with E-state index in [0.29, 0.717) is 11.6 Å². The second-order valence-electron chi connectivity index (χ2n) is 5.01. The number of carbonyl (C=O) groups is 2. The summed E-state index contributed by atoms with van der Waals surface area (Å²) in [5.74, 6) is -6.09. The Morgan fingerprint density at radius 1 is 1.04 bits per heavy atom. The number of esters is 1. The molecular formula is C17H14F3NO3. The van der Waals surface area contributed by atoms with E-state index in [1.807, 2.05) is 5.32 Å². The topological polar surface area (TPSA) is 55.4 Å². The Hall–Kier alpha value is -2.83. The van der Waals surface area contributed by atoms with Gasteiger partial charge in [0.2, 0.25) is 0 Å². The maximum absolute atomic E-state index is 13.5. The lowest BCUT2D eigenvalue weighted by molar-refractivity contribution is -0.152. The monoisotopic (exact) mass is 337 g/mol. The van der Waals surface area contributed by atoms with E-state index in [0.717, 1.165) is 6.07 Å². The number of halogens is 3. The maximum atomic E-state index is 13.5. The summed E-state index contributed by atoms with van der Waals surface area (Å²) in [4.78, 5) is 23.6. The van der Waals surface area contributed by atoms with Gasteiger partial charge in [-0.15, -0.1) is 0 Å². The van der Waals surface area contributed by atoms with Crippen molar-refractivity contribution in [1.29, 1.82) is 0 Å². The van der Waals surface area contributed by atoms with Crippen molar-refractivity contribution in [3.8, 4) is 0 Å². The average Bonchev–Trinajstić information content (AvgIpc) is 2.56. The lowest BCUT2D eigenvalue weighted by Gasteiger charge is -2.14. The lowest BCUT2D eigenvalue weighted by atomic mass is 10.1. The van der Waals surface area contributed by atoms with Crippen LogP contribution in [0.4, 0.5) is 18.9 Å². The van der Waals surface area contributed by atoms with Gasteiger partial charge in [0.25, 0.3) is 5.91 Å². The molecule has 2 aromatic carbocycles. The molecule has 0 radical (unpaired) electrons. The summed E-state index contributed by atoms with van der Waals surface area (Å²) in [5, 5.41) is 2.05. The van der Waals surface area contributed by atoms with Gasteiger partial charge in [-0.3, -0.25) is 9.59 Å². The number of carbonyl (C=O) groups excluding carboxylic acids is 2. The van der Waals surface area contributed by atoms with Gasteiger partial charge < -0.3 is 10.1 Å². The molecule has 0 heterocycles. The number of rotatable bonds is 5. The highest BCUT2D eigenvalue weighted by Crippen LogP contribution is 2.20. The fourth-order valence-corrected chi connectivity index (χ4v) is 1.91. The molecule has 0 aliphatic heterocycles. The van der Waals surface area contributed by atoms with Crippen molar-refractivity contribution in [2.45, 2.75) is 19.4 Å². The van der Waals surface area contributed by atoms with Gasteiger partial charge in [0.15, 0.2) is 23.6 Å². The van der Waals surface area contributed by atoms with Crippen LogP contribution in [-0.4, -0.2) is 18.0 Å². The normalized spacial score (nSPS) is 11.7. The van der Waals surface area contributed by atoms with Crippen LogP contribution >= 0.6 is 0 Å². The van der Waals surface area contributed by atoms with Gasteiger partial charge in [-0.2, -0.15) is 0 Å². The first-order valence-corrected chi connectivity index (χ1v) is 7.06. The van der Waals surface area contributed by atoms with Crippen molar-refractivity contribution in [3.05, 3.63) is 65.5 Å². The second-order valence-corrected chi connectivity index (χ2v) is 5.01. The van der Waals surface area contributed by atoms with Gasteiger partial charge >= 0.3 is 5.97 Å². The molecule has 0 saturated heterocycles. The average molecular weight is 337 g/mol. The van der Waals surface area contributed by atoms with Crippen LogP contribution in [0.3, 0.4) is 0 Å². The molecule has 1 N–H and O–H groups in total. The molecule has 24 heavy (non-hydrogen) atoms. The van der Waals surface area contributed by atoms with Gasteiger partial charge in [-0.25, -0.2) is 13.2 Å². The minimum absolute atomic E-state index is 0.0298. The summed E-state index contributed by atoms with van der Waals surface area (Å²) in [6.07, 6.45) is -1.26. The van der Waals surface area contributed by atoms with E-state index >= 15 is 0 Å². The Morgan fingerprint density at radius 3 is 2.38 bits per heavy atom. The molecule has 2 aromatic rings. The number of amides is 1. The zero-order valence-electron chi connectivity index (χ0n) is 12.7. The Labute approximate surface area is 136 Å². The number of nitrogens with one attached hydrogen (secondary N) is 1. The van der Waals surface area contributed by atoms with E-state index in [1.54, 1.807) is 30.3 Å². The molecule has 0 aliphatic carbocycles. The zero-order valence-corrected chi connectivity index (χ0v) is 12.7. The molecule has 126 valence electrons. The molecule has 0 aromatic heterocycles. The molecule has 0 fully saturated rings. The number of anilines is 1. The predicted octanol–water partition coefficient (Wildman–Crippen LogP) is 3.22. The molecule has 1 atom stereocenters. The molecule has 0 bridgehead atoms. The van der Waals surface area contributed by atoms with E-state index in [4.69, 9.17) is 4.74 Å². The van der Waals surface area contributed by atoms with Crippen molar-refractivity contribution < 1.29 is 27.5 Å². The summed E-state index contributed by atoms with van der Waals surface area (Å²) in [6.45, 7) is 1.29. The van der Waals surface area contributed by atoms with Gasteiger partial charge in [0.1, 0.15) is 0 Å². The van der Waals surface area contributed by atoms with Crippen LogP contribution in [0, 0.1) is 17.5 Å². The summed E-state index contributed by atoms with van der Waals surface area (Å²) in [5.41, 5.74) is 0.173. The first kappa shape index (κ1) is 17.5. The van der Waals surface area contributed by atoms with E-state index < -0.39 is 41.1 Å². The minimum atomic E-state index is -1.69. The third-order valence-electron chi connectivity index (χ3n) is 3.16. The van der Waals surface area contributed by atoms with Crippen molar-refractivity contribution >= 4 is 17.6 Å². The number of ether oxygens (including phenoxy) is 1. The minimum Gasteiger partial charge on any atom is -0.452 e.